The molecular formula is C25H25N3O2S. The highest BCUT2D eigenvalue weighted by Crippen LogP contribution is 2.45. The fourth-order valence-electron chi connectivity index (χ4n) is 3.73. The van der Waals surface area contributed by atoms with Crippen molar-refractivity contribution >= 4 is 29.5 Å². The number of carboxylic acids is 1. The summed E-state index contributed by atoms with van der Waals surface area (Å²) in [6.07, 6.45) is 3.55. The van der Waals surface area contributed by atoms with Crippen LogP contribution in [0.2, 0.25) is 0 Å². The zero-order chi connectivity index (χ0) is 21.8. The maximum atomic E-state index is 10.8. The van der Waals surface area contributed by atoms with Crippen LogP contribution in [0.3, 0.4) is 0 Å². The lowest BCUT2D eigenvalue weighted by molar-refractivity contribution is -0.707. The van der Waals surface area contributed by atoms with Crippen molar-refractivity contribution in [2.45, 2.75) is 37.6 Å². The number of carbonyl (C=O) groups excluding carboxylic acids is 1. The Morgan fingerprint density at radius 1 is 1.13 bits per heavy atom. The molecule has 0 spiro atoms. The summed E-state index contributed by atoms with van der Waals surface area (Å²) < 4.78 is 2.17. The van der Waals surface area contributed by atoms with Crippen LogP contribution in [0.4, 0.5) is 5.69 Å². The molecule has 0 saturated carbocycles. The molecule has 0 bridgehead atoms. The molecule has 6 heteroatoms. The van der Waals surface area contributed by atoms with E-state index in [1.807, 2.05) is 18.2 Å². The van der Waals surface area contributed by atoms with Gasteiger partial charge in [-0.05, 0) is 43.3 Å². The molecule has 0 atom stereocenters. The van der Waals surface area contributed by atoms with Gasteiger partial charge in [0.2, 0.25) is 0 Å². The number of carbonyl (C=O) groups is 1. The number of para-hydroxylation sites is 1. The number of fused-ring (bicyclic) bond motifs is 1. The summed E-state index contributed by atoms with van der Waals surface area (Å²) in [5.41, 5.74) is 4.29. The molecule has 0 saturated heterocycles. The van der Waals surface area contributed by atoms with Crippen molar-refractivity contribution in [3.63, 3.8) is 0 Å². The number of unbranched alkanes of at least 4 members (excludes halogenated alkanes) is 1. The number of aliphatic carboxylic acids is 1. The molecule has 31 heavy (non-hydrogen) atoms. The van der Waals surface area contributed by atoms with E-state index in [1.54, 1.807) is 11.8 Å². The molecule has 0 amide bonds. The minimum Gasteiger partial charge on any atom is -0.550 e. The van der Waals surface area contributed by atoms with Crippen LogP contribution < -0.4 is 14.6 Å². The summed E-state index contributed by atoms with van der Waals surface area (Å²) in [7, 11) is 2.07. The van der Waals surface area contributed by atoms with Gasteiger partial charge in [-0.3, -0.25) is 0 Å². The number of thioether (sulfide) groups is 1. The Morgan fingerprint density at radius 2 is 1.87 bits per heavy atom. The molecule has 0 fully saturated rings. The van der Waals surface area contributed by atoms with E-state index in [9.17, 15) is 9.90 Å². The first-order valence-corrected chi connectivity index (χ1v) is 11.2. The monoisotopic (exact) mass is 431 g/mol. The number of hydrogen-bond donors (Lipinski definition) is 0. The highest BCUT2D eigenvalue weighted by molar-refractivity contribution is 8.03. The summed E-state index contributed by atoms with van der Waals surface area (Å²) in [5, 5.41) is 11.9. The second-order valence-corrected chi connectivity index (χ2v) is 8.66. The van der Waals surface area contributed by atoms with Crippen molar-refractivity contribution in [3.8, 4) is 11.3 Å². The molecule has 5 nitrogen and oxygen atoms in total. The first kappa shape index (κ1) is 21.1. The van der Waals surface area contributed by atoms with Crippen LogP contribution in [0.5, 0.6) is 0 Å². The second kappa shape index (κ2) is 9.35. The minimum absolute atomic E-state index is 0.0828. The van der Waals surface area contributed by atoms with Crippen molar-refractivity contribution in [2.75, 3.05) is 11.9 Å². The van der Waals surface area contributed by atoms with Crippen LogP contribution in [-0.2, 0) is 11.3 Å². The van der Waals surface area contributed by atoms with Gasteiger partial charge in [0.05, 0.1) is 23.3 Å². The van der Waals surface area contributed by atoms with Crippen molar-refractivity contribution in [1.82, 2.24) is 4.98 Å². The number of nitrogens with zero attached hydrogens (tertiary/aromatic N) is 3. The maximum Gasteiger partial charge on any atom is 0.326 e. The van der Waals surface area contributed by atoms with E-state index in [1.165, 1.54) is 10.6 Å². The summed E-state index contributed by atoms with van der Waals surface area (Å²) >= 11 is 1.74. The fourth-order valence-corrected chi connectivity index (χ4v) is 4.81. The predicted molar refractivity (Wildman–Crippen MR) is 122 cm³/mol. The Balaban J connectivity index is 1.71. The molecule has 1 aliphatic rings. The predicted octanol–water partition coefficient (Wildman–Crippen LogP) is 3.81. The third-order valence-electron chi connectivity index (χ3n) is 5.39. The number of hydrogen-bond acceptors (Lipinski definition) is 5. The molecule has 2 heterocycles. The van der Waals surface area contributed by atoms with E-state index in [0.29, 0.717) is 13.0 Å². The van der Waals surface area contributed by atoms with Crippen LogP contribution in [0.25, 0.3) is 17.3 Å². The minimum atomic E-state index is -0.997. The number of benzene rings is 2. The van der Waals surface area contributed by atoms with Crippen LogP contribution in [0, 0.1) is 6.92 Å². The lowest BCUT2D eigenvalue weighted by Crippen LogP contribution is -2.42. The lowest BCUT2D eigenvalue weighted by Gasteiger charge is -2.13. The van der Waals surface area contributed by atoms with Gasteiger partial charge in [-0.1, -0.05) is 54.2 Å². The third-order valence-corrected chi connectivity index (χ3v) is 6.56. The fraction of sp³-hybridized carbons (Fsp3) is 0.240. The molecule has 0 aliphatic carbocycles. The van der Waals surface area contributed by atoms with E-state index in [-0.39, 0.29) is 6.42 Å². The largest absolute Gasteiger partial charge is 0.550 e. The van der Waals surface area contributed by atoms with E-state index >= 15 is 0 Å². The first-order valence-electron chi connectivity index (χ1n) is 10.4. The van der Waals surface area contributed by atoms with Gasteiger partial charge in [-0.25, -0.2) is 4.57 Å². The van der Waals surface area contributed by atoms with Gasteiger partial charge in [-0.2, -0.15) is 0 Å². The van der Waals surface area contributed by atoms with Crippen molar-refractivity contribution < 1.29 is 14.5 Å². The van der Waals surface area contributed by atoms with Gasteiger partial charge in [0, 0.05) is 29.5 Å². The number of aromatic nitrogens is 2. The maximum absolute atomic E-state index is 10.8. The average molecular weight is 432 g/mol. The standard InChI is InChI=1S/C25H25N3O2S/c1-18-16-20(19-10-4-3-5-11-19)26-23(28(18)15-9-8-14-25(29)30)17-24-27(2)21-12-6-7-13-22(21)31-24/h3-7,10-13,16-17H,8-9,14-15H2,1-2H3. The summed E-state index contributed by atoms with van der Waals surface area (Å²) in [6, 6.07) is 20.6. The normalized spacial score (nSPS) is 14.1. The quantitative estimate of drug-likeness (QED) is 0.421. The van der Waals surface area contributed by atoms with Gasteiger partial charge in [-0.15, -0.1) is 0 Å². The Kier molecular flexibility index (Phi) is 6.37. The van der Waals surface area contributed by atoms with E-state index < -0.39 is 5.97 Å². The smallest absolute Gasteiger partial charge is 0.326 e. The van der Waals surface area contributed by atoms with Crippen molar-refractivity contribution in [1.29, 1.82) is 0 Å². The van der Waals surface area contributed by atoms with E-state index in [0.717, 1.165) is 34.2 Å². The topological polar surface area (TPSA) is 60.1 Å². The highest BCUT2D eigenvalue weighted by atomic mass is 32.2. The number of aryl methyl sites for hydroxylation is 1. The molecule has 0 N–H and O–H groups in total. The number of anilines is 1. The van der Waals surface area contributed by atoms with Gasteiger partial charge < -0.3 is 14.8 Å². The molecule has 1 aromatic heterocycles. The Hall–Kier alpha value is -3.12. The summed E-state index contributed by atoms with van der Waals surface area (Å²) in [5.74, 6) is -0.127. The van der Waals surface area contributed by atoms with Gasteiger partial charge in [0.15, 0.2) is 5.69 Å². The second-order valence-electron chi connectivity index (χ2n) is 7.60. The Bertz CT molecular complexity index is 1130. The Labute approximate surface area is 187 Å². The molecule has 158 valence electrons. The van der Waals surface area contributed by atoms with Crippen LogP contribution in [0.1, 0.15) is 30.8 Å². The van der Waals surface area contributed by atoms with Crippen LogP contribution in [0.15, 0.2) is 70.6 Å². The molecule has 0 radical (unpaired) electrons. The van der Waals surface area contributed by atoms with Crippen molar-refractivity contribution in [2.24, 2.45) is 0 Å². The summed E-state index contributed by atoms with van der Waals surface area (Å²) in [6.45, 7) is 2.79. The number of rotatable bonds is 7. The van der Waals surface area contributed by atoms with E-state index in [4.69, 9.17) is 4.98 Å². The lowest BCUT2D eigenvalue weighted by atomic mass is 10.1. The number of carboxylic acid groups (broad SMARTS) is 1. The van der Waals surface area contributed by atoms with Gasteiger partial charge in [0.25, 0.3) is 0 Å². The first-order chi connectivity index (χ1) is 15.0. The zero-order valence-corrected chi connectivity index (χ0v) is 18.6. The molecule has 1 aliphatic heterocycles. The highest BCUT2D eigenvalue weighted by Gasteiger charge is 2.25. The van der Waals surface area contributed by atoms with E-state index in [2.05, 4.69) is 72.0 Å². The Morgan fingerprint density at radius 3 is 2.61 bits per heavy atom. The SMILES string of the molecule is Cc1cc(-c2ccccc2)nc(C=C2Sc3ccccc3N2C)[n+]1CCCCC(=O)[O-]. The molecule has 2 aromatic carbocycles. The van der Waals surface area contributed by atoms with Gasteiger partial charge in [0.1, 0.15) is 5.69 Å². The zero-order valence-electron chi connectivity index (χ0n) is 17.7. The molecule has 3 aromatic rings. The van der Waals surface area contributed by atoms with Crippen LogP contribution >= 0.6 is 11.8 Å². The molecule has 4 rings (SSSR count). The average Bonchev–Trinajstić information content (AvgIpc) is 3.08. The van der Waals surface area contributed by atoms with Gasteiger partial charge >= 0.3 is 5.82 Å². The molecule has 0 unspecified atom stereocenters. The third kappa shape index (κ3) is 4.80. The molecular weight excluding hydrogens is 406 g/mol. The summed E-state index contributed by atoms with van der Waals surface area (Å²) in [4.78, 5) is 19.2. The van der Waals surface area contributed by atoms with Crippen molar-refractivity contribution in [3.05, 3.63) is 77.2 Å². The van der Waals surface area contributed by atoms with Crippen LogP contribution in [-0.4, -0.2) is 18.0 Å².